The Bertz CT molecular complexity index is 645. The molecule has 0 spiro atoms. The molecule has 0 saturated carbocycles. The standard InChI is InChI=1S/C11H9F2NO3.C5H6O/c1-6-4-10(14(15)16)11(17-6)8-5-7(12)2-3-9(8)13;1-2-4-6-5-3-1/h2-3,5,10-11H,1,4H2;1-4H,5H2/t10-,11+;/m1./s1. The van der Waals surface area contributed by atoms with Crippen molar-refractivity contribution in [2.45, 2.75) is 18.6 Å². The van der Waals surface area contributed by atoms with E-state index in [-0.39, 0.29) is 17.7 Å². The summed E-state index contributed by atoms with van der Waals surface area (Å²) >= 11 is 0. The average molecular weight is 323 g/mol. The molecule has 0 bridgehead atoms. The van der Waals surface area contributed by atoms with Gasteiger partial charge in [-0.1, -0.05) is 12.7 Å². The third-order valence-electron chi connectivity index (χ3n) is 3.23. The molecule has 1 aromatic rings. The zero-order valence-corrected chi connectivity index (χ0v) is 12.2. The van der Waals surface area contributed by atoms with E-state index in [2.05, 4.69) is 6.58 Å². The van der Waals surface area contributed by atoms with Gasteiger partial charge in [-0.2, -0.15) is 0 Å². The van der Waals surface area contributed by atoms with Gasteiger partial charge in [0, 0.05) is 10.5 Å². The third kappa shape index (κ3) is 4.38. The maximum absolute atomic E-state index is 13.5. The van der Waals surface area contributed by atoms with Crippen molar-refractivity contribution in [1.82, 2.24) is 0 Å². The van der Waals surface area contributed by atoms with E-state index in [0.717, 1.165) is 24.8 Å². The van der Waals surface area contributed by atoms with E-state index in [1.54, 1.807) is 6.26 Å². The number of ether oxygens (including phenoxy) is 2. The SMILES string of the molecule is C1=CCOC=C1.C=C1C[C@@H]([N+](=O)[O-])[C@H](c2cc(F)ccc2F)O1. The van der Waals surface area contributed by atoms with Crippen molar-refractivity contribution in [2.24, 2.45) is 0 Å². The van der Waals surface area contributed by atoms with Gasteiger partial charge in [0.2, 0.25) is 0 Å². The molecule has 2 heterocycles. The molecule has 2 aliphatic heterocycles. The molecule has 0 radical (unpaired) electrons. The third-order valence-corrected chi connectivity index (χ3v) is 3.23. The van der Waals surface area contributed by atoms with Crippen LogP contribution in [-0.2, 0) is 9.47 Å². The van der Waals surface area contributed by atoms with E-state index in [9.17, 15) is 18.9 Å². The van der Waals surface area contributed by atoms with Crippen molar-refractivity contribution in [3.05, 3.63) is 82.3 Å². The molecule has 122 valence electrons. The van der Waals surface area contributed by atoms with Gasteiger partial charge in [0.05, 0.1) is 18.4 Å². The van der Waals surface area contributed by atoms with Crippen LogP contribution in [0.25, 0.3) is 0 Å². The second kappa shape index (κ2) is 7.53. The normalized spacial score (nSPS) is 21.9. The summed E-state index contributed by atoms with van der Waals surface area (Å²) in [5.74, 6) is -1.18. The van der Waals surface area contributed by atoms with Crippen molar-refractivity contribution in [3.8, 4) is 0 Å². The first kappa shape index (κ1) is 16.7. The quantitative estimate of drug-likeness (QED) is 0.615. The largest absolute Gasteiger partial charge is 0.497 e. The average Bonchev–Trinajstić information content (AvgIpc) is 2.94. The Labute approximate surface area is 131 Å². The molecule has 23 heavy (non-hydrogen) atoms. The maximum Gasteiger partial charge on any atom is 0.260 e. The van der Waals surface area contributed by atoms with Crippen LogP contribution in [0.15, 0.2) is 55.0 Å². The van der Waals surface area contributed by atoms with Crippen LogP contribution in [0.5, 0.6) is 0 Å². The van der Waals surface area contributed by atoms with E-state index in [1.807, 2.05) is 18.2 Å². The molecular formula is C16H15F2NO4. The first-order chi connectivity index (χ1) is 11.0. The summed E-state index contributed by atoms with van der Waals surface area (Å²) in [4.78, 5) is 10.2. The molecule has 3 rings (SSSR count). The van der Waals surface area contributed by atoms with Gasteiger partial charge < -0.3 is 9.47 Å². The van der Waals surface area contributed by atoms with E-state index in [4.69, 9.17) is 9.47 Å². The zero-order chi connectivity index (χ0) is 16.8. The fourth-order valence-corrected chi connectivity index (χ4v) is 2.18. The van der Waals surface area contributed by atoms with Crippen molar-refractivity contribution in [3.63, 3.8) is 0 Å². The minimum absolute atomic E-state index is 0.00756. The molecule has 1 saturated heterocycles. The molecule has 7 heteroatoms. The molecule has 0 unspecified atom stereocenters. The Morgan fingerprint density at radius 3 is 2.61 bits per heavy atom. The van der Waals surface area contributed by atoms with Crippen LogP contribution in [0, 0.1) is 21.7 Å². The number of hydrogen-bond acceptors (Lipinski definition) is 4. The minimum atomic E-state index is -1.13. The van der Waals surface area contributed by atoms with Crippen LogP contribution in [0.1, 0.15) is 18.1 Å². The summed E-state index contributed by atoms with van der Waals surface area (Å²) in [7, 11) is 0. The second-order valence-corrected chi connectivity index (χ2v) is 4.89. The molecule has 5 nitrogen and oxygen atoms in total. The summed E-state index contributed by atoms with van der Waals surface area (Å²) in [6.07, 6.45) is 6.36. The predicted molar refractivity (Wildman–Crippen MR) is 79.0 cm³/mol. The number of nitro groups is 1. The minimum Gasteiger partial charge on any atom is -0.497 e. The summed E-state index contributed by atoms with van der Waals surface area (Å²) in [6.45, 7) is 4.20. The molecule has 2 aliphatic rings. The highest BCUT2D eigenvalue weighted by Crippen LogP contribution is 2.37. The van der Waals surface area contributed by atoms with Gasteiger partial charge in [0.1, 0.15) is 18.2 Å². The molecule has 2 atom stereocenters. The van der Waals surface area contributed by atoms with Gasteiger partial charge in [-0.05, 0) is 30.4 Å². The van der Waals surface area contributed by atoms with Gasteiger partial charge in [-0.3, -0.25) is 10.1 Å². The Balaban J connectivity index is 0.000000268. The number of halogens is 2. The Kier molecular flexibility index (Phi) is 5.46. The lowest BCUT2D eigenvalue weighted by molar-refractivity contribution is -0.528. The molecule has 1 fully saturated rings. The lowest BCUT2D eigenvalue weighted by Crippen LogP contribution is -2.23. The van der Waals surface area contributed by atoms with Crippen LogP contribution >= 0.6 is 0 Å². The molecule has 0 amide bonds. The Hall–Kier alpha value is -2.70. The summed E-state index contributed by atoms with van der Waals surface area (Å²) in [6, 6.07) is 1.66. The smallest absolute Gasteiger partial charge is 0.260 e. The number of hydrogen-bond donors (Lipinski definition) is 0. The van der Waals surface area contributed by atoms with Crippen LogP contribution in [-0.4, -0.2) is 17.6 Å². The highest BCUT2D eigenvalue weighted by molar-refractivity contribution is 5.24. The maximum atomic E-state index is 13.5. The summed E-state index contributed by atoms with van der Waals surface area (Å²) in [5.41, 5.74) is -0.148. The highest BCUT2D eigenvalue weighted by Gasteiger charge is 2.43. The predicted octanol–water partition coefficient (Wildman–Crippen LogP) is 3.67. The lowest BCUT2D eigenvalue weighted by atomic mass is 10.0. The summed E-state index contributed by atoms with van der Waals surface area (Å²) < 4.78 is 36.4. The van der Waals surface area contributed by atoms with Gasteiger partial charge in [0.15, 0.2) is 6.10 Å². The Morgan fingerprint density at radius 2 is 2.09 bits per heavy atom. The molecule has 0 N–H and O–H groups in total. The molecule has 0 aromatic heterocycles. The van der Waals surface area contributed by atoms with Gasteiger partial charge in [0.25, 0.3) is 6.04 Å². The van der Waals surface area contributed by atoms with E-state index >= 15 is 0 Å². The zero-order valence-electron chi connectivity index (χ0n) is 12.2. The van der Waals surface area contributed by atoms with E-state index in [0.29, 0.717) is 0 Å². The topological polar surface area (TPSA) is 61.6 Å². The van der Waals surface area contributed by atoms with Crippen molar-refractivity contribution >= 4 is 0 Å². The first-order valence-electron chi connectivity index (χ1n) is 6.85. The first-order valence-corrected chi connectivity index (χ1v) is 6.85. The van der Waals surface area contributed by atoms with E-state index < -0.39 is 28.7 Å². The molecule has 1 aromatic carbocycles. The lowest BCUT2D eigenvalue weighted by Gasteiger charge is -2.13. The van der Waals surface area contributed by atoms with Crippen LogP contribution in [0.2, 0.25) is 0 Å². The Morgan fingerprint density at radius 1 is 1.30 bits per heavy atom. The van der Waals surface area contributed by atoms with Gasteiger partial charge in [-0.15, -0.1) is 0 Å². The van der Waals surface area contributed by atoms with Crippen molar-refractivity contribution < 1.29 is 23.2 Å². The molecular weight excluding hydrogens is 308 g/mol. The van der Waals surface area contributed by atoms with Crippen LogP contribution in [0.4, 0.5) is 8.78 Å². The summed E-state index contributed by atoms with van der Waals surface area (Å²) in [5, 5.41) is 10.8. The number of rotatable bonds is 2. The van der Waals surface area contributed by atoms with Crippen LogP contribution < -0.4 is 0 Å². The fraction of sp³-hybridized carbons (Fsp3) is 0.250. The number of allylic oxidation sites excluding steroid dienone is 2. The number of benzene rings is 1. The number of nitrogens with zero attached hydrogens (tertiary/aromatic N) is 1. The van der Waals surface area contributed by atoms with Gasteiger partial charge in [-0.25, -0.2) is 8.78 Å². The fourth-order valence-electron chi connectivity index (χ4n) is 2.18. The monoisotopic (exact) mass is 323 g/mol. The van der Waals surface area contributed by atoms with Gasteiger partial charge >= 0.3 is 0 Å². The van der Waals surface area contributed by atoms with Crippen molar-refractivity contribution in [2.75, 3.05) is 6.61 Å². The van der Waals surface area contributed by atoms with Crippen molar-refractivity contribution in [1.29, 1.82) is 0 Å². The highest BCUT2D eigenvalue weighted by atomic mass is 19.1. The van der Waals surface area contributed by atoms with E-state index in [1.165, 1.54) is 0 Å². The second-order valence-electron chi connectivity index (χ2n) is 4.89. The molecule has 0 aliphatic carbocycles. The van der Waals surface area contributed by atoms with Crippen LogP contribution in [0.3, 0.4) is 0 Å².